The monoisotopic (exact) mass is 294 g/mol. The summed E-state index contributed by atoms with van der Waals surface area (Å²) in [7, 11) is 0. The second-order valence-corrected chi connectivity index (χ2v) is 5.06. The summed E-state index contributed by atoms with van der Waals surface area (Å²) in [5.74, 6) is -1.05. The summed E-state index contributed by atoms with van der Waals surface area (Å²) in [5, 5.41) is 20.7. The molecular formula is C15H22N2O4. The number of hydrogen-bond acceptors (Lipinski definition) is 5. The number of nitrogens with one attached hydrogen (secondary N) is 1. The van der Waals surface area contributed by atoms with Crippen molar-refractivity contribution in [2.24, 2.45) is 5.73 Å². The Balaban J connectivity index is 2.50. The molecule has 0 bridgehead atoms. The molecule has 21 heavy (non-hydrogen) atoms. The van der Waals surface area contributed by atoms with Gasteiger partial charge in [-0.3, -0.25) is 9.59 Å². The van der Waals surface area contributed by atoms with Crippen LogP contribution in [0.4, 0.5) is 0 Å². The van der Waals surface area contributed by atoms with Gasteiger partial charge in [0.05, 0.1) is 6.10 Å². The van der Waals surface area contributed by atoms with Crippen LogP contribution in [0.5, 0.6) is 0 Å². The van der Waals surface area contributed by atoms with Crippen molar-refractivity contribution < 1.29 is 19.8 Å². The molecule has 1 amide bonds. The largest absolute Gasteiger partial charge is 0.391 e. The summed E-state index contributed by atoms with van der Waals surface area (Å²) in [6.07, 6.45) is -0.489. The van der Waals surface area contributed by atoms with Gasteiger partial charge in [-0.1, -0.05) is 30.3 Å². The Bertz CT molecular complexity index is 462. The maximum atomic E-state index is 11.8. The SMILES string of the molecule is C[C@@H](O)[C@H](NC(=O)C[C@@H](N)Cc1ccccc1)C(=O)CO. The molecule has 6 heteroatoms. The zero-order valence-electron chi connectivity index (χ0n) is 12.0. The third-order valence-corrected chi connectivity index (χ3v) is 3.09. The Morgan fingerprint density at radius 1 is 1.29 bits per heavy atom. The van der Waals surface area contributed by atoms with Crippen molar-refractivity contribution in [2.75, 3.05) is 6.61 Å². The smallest absolute Gasteiger partial charge is 0.222 e. The Morgan fingerprint density at radius 3 is 2.43 bits per heavy atom. The van der Waals surface area contributed by atoms with E-state index >= 15 is 0 Å². The summed E-state index contributed by atoms with van der Waals surface area (Å²) in [4.78, 5) is 23.3. The van der Waals surface area contributed by atoms with Crippen LogP contribution < -0.4 is 11.1 Å². The van der Waals surface area contributed by atoms with Crippen LogP contribution in [0.3, 0.4) is 0 Å². The number of ketones is 1. The highest BCUT2D eigenvalue weighted by Gasteiger charge is 2.25. The minimum absolute atomic E-state index is 0.0385. The van der Waals surface area contributed by atoms with Crippen molar-refractivity contribution in [3.63, 3.8) is 0 Å². The molecule has 0 aliphatic carbocycles. The van der Waals surface area contributed by atoms with E-state index in [-0.39, 0.29) is 12.5 Å². The van der Waals surface area contributed by atoms with Crippen LogP contribution in [-0.4, -0.2) is 46.7 Å². The molecule has 0 fully saturated rings. The molecule has 1 aromatic rings. The second kappa shape index (κ2) is 8.51. The van der Waals surface area contributed by atoms with Crippen LogP contribution in [0.25, 0.3) is 0 Å². The molecule has 116 valence electrons. The predicted molar refractivity (Wildman–Crippen MR) is 78.4 cm³/mol. The van der Waals surface area contributed by atoms with Crippen molar-refractivity contribution in [2.45, 2.75) is 38.0 Å². The predicted octanol–water partition coefficient (Wildman–Crippen LogP) is -0.626. The van der Waals surface area contributed by atoms with Gasteiger partial charge in [0.1, 0.15) is 12.6 Å². The summed E-state index contributed by atoms with van der Waals surface area (Å²) in [5.41, 5.74) is 6.93. The fourth-order valence-corrected chi connectivity index (χ4v) is 2.03. The lowest BCUT2D eigenvalue weighted by Crippen LogP contribution is -2.49. The highest BCUT2D eigenvalue weighted by molar-refractivity contribution is 5.90. The number of carbonyl (C=O) groups excluding carboxylic acids is 2. The molecule has 3 atom stereocenters. The zero-order chi connectivity index (χ0) is 15.8. The van der Waals surface area contributed by atoms with Gasteiger partial charge in [-0.05, 0) is 18.9 Å². The topological polar surface area (TPSA) is 113 Å². The van der Waals surface area contributed by atoms with E-state index in [1.54, 1.807) is 0 Å². The number of benzene rings is 1. The molecule has 0 saturated carbocycles. The Kier molecular flexibility index (Phi) is 7.01. The fraction of sp³-hybridized carbons (Fsp3) is 0.467. The lowest BCUT2D eigenvalue weighted by molar-refractivity contribution is -0.132. The first kappa shape index (κ1) is 17.3. The summed E-state index contributed by atoms with van der Waals surface area (Å²) < 4.78 is 0. The van der Waals surface area contributed by atoms with Gasteiger partial charge in [-0.15, -0.1) is 0 Å². The normalized spacial score (nSPS) is 15.0. The number of aliphatic hydroxyl groups excluding tert-OH is 2. The van der Waals surface area contributed by atoms with E-state index in [0.29, 0.717) is 6.42 Å². The lowest BCUT2D eigenvalue weighted by Gasteiger charge is -2.20. The van der Waals surface area contributed by atoms with E-state index in [0.717, 1.165) is 5.56 Å². The molecular weight excluding hydrogens is 272 g/mol. The molecule has 0 heterocycles. The summed E-state index contributed by atoms with van der Waals surface area (Å²) >= 11 is 0. The quantitative estimate of drug-likeness (QED) is 0.510. The Labute approximate surface area is 124 Å². The van der Waals surface area contributed by atoms with Crippen LogP contribution in [0.15, 0.2) is 30.3 Å². The number of nitrogens with two attached hydrogens (primary N) is 1. The average Bonchev–Trinajstić information content (AvgIpc) is 2.44. The summed E-state index contributed by atoms with van der Waals surface area (Å²) in [6, 6.07) is 8.04. The number of amides is 1. The molecule has 5 N–H and O–H groups in total. The van der Waals surface area contributed by atoms with E-state index in [1.807, 2.05) is 30.3 Å². The Hall–Kier alpha value is -1.76. The van der Waals surface area contributed by atoms with Gasteiger partial charge in [0.25, 0.3) is 0 Å². The van der Waals surface area contributed by atoms with Crippen LogP contribution >= 0.6 is 0 Å². The number of aliphatic hydroxyl groups is 2. The van der Waals surface area contributed by atoms with Crippen molar-refractivity contribution in [1.29, 1.82) is 0 Å². The van der Waals surface area contributed by atoms with Crippen molar-refractivity contribution in [1.82, 2.24) is 5.32 Å². The van der Waals surface area contributed by atoms with Gasteiger partial charge in [-0.25, -0.2) is 0 Å². The highest BCUT2D eigenvalue weighted by atomic mass is 16.3. The first-order chi connectivity index (χ1) is 9.93. The van der Waals surface area contributed by atoms with Gasteiger partial charge < -0.3 is 21.3 Å². The Morgan fingerprint density at radius 2 is 1.90 bits per heavy atom. The van der Waals surface area contributed by atoms with Crippen LogP contribution in [0.2, 0.25) is 0 Å². The third kappa shape index (κ3) is 6.03. The van der Waals surface area contributed by atoms with Gasteiger partial charge in [0.2, 0.25) is 5.91 Å². The lowest BCUT2D eigenvalue weighted by atomic mass is 10.0. The van der Waals surface area contributed by atoms with E-state index in [4.69, 9.17) is 10.8 Å². The number of carbonyl (C=O) groups is 2. The van der Waals surface area contributed by atoms with Crippen molar-refractivity contribution >= 4 is 11.7 Å². The maximum absolute atomic E-state index is 11.8. The molecule has 0 aliphatic heterocycles. The van der Waals surface area contributed by atoms with Gasteiger partial charge in [0.15, 0.2) is 5.78 Å². The zero-order valence-corrected chi connectivity index (χ0v) is 12.0. The van der Waals surface area contributed by atoms with E-state index in [9.17, 15) is 14.7 Å². The van der Waals surface area contributed by atoms with E-state index < -0.39 is 30.4 Å². The minimum atomic E-state index is -1.11. The van der Waals surface area contributed by atoms with Crippen LogP contribution in [0.1, 0.15) is 18.9 Å². The van der Waals surface area contributed by atoms with E-state index in [1.165, 1.54) is 6.92 Å². The third-order valence-electron chi connectivity index (χ3n) is 3.09. The van der Waals surface area contributed by atoms with Gasteiger partial charge >= 0.3 is 0 Å². The maximum Gasteiger partial charge on any atom is 0.222 e. The van der Waals surface area contributed by atoms with E-state index in [2.05, 4.69) is 5.32 Å². The molecule has 1 rings (SSSR count). The van der Waals surface area contributed by atoms with Crippen molar-refractivity contribution in [3.8, 4) is 0 Å². The minimum Gasteiger partial charge on any atom is -0.391 e. The molecule has 0 spiro atoms. The van der Waals surface area contributed by atoms with Gasteiger partial charge in [0, 0.05) is 12.5 Å². The molecule has 0 aliphatic rings. The standard InChI is InChI=1S/C15H22N2O4/c1-10(19)15(13(20)9-18)17-14(21)8-12(16)7-11-5-3-2-4-6-11/h2-6,10,12,15,18-19H,7-9,16H2,1H3,(H,17,21)/t10-,12+,15+/m1/s1. The van der Waals surface area contributed by atoms with Crippen LogP contribution in [0, 0.1) is 0 Å². The number of Topliss-reactive ketones (excluding diaryl/α,β-unsaturated/α-hetero) is 1. The molecule has 0 saturated heterocycles. The molecule has 0 radical (unpaired) electrons. The fourth-order valence-electron chi connectivity index (χ4n) is 2.03. The van der Waals surface area contributed by atoms with Crippen LogP contribution in [-0.2, 0) is 16.0 Å². The second-order valence-electron chi connectivity index (χ2n) is 5.06. The first-order valence-corrected chi connectivity index (χ1v) is 6.84. The highest BCUT2D eigenvalue weighted by Crippen LogP contribution is 2.05. The first-order valence-electron chi connectivity index (χ1n) is 6.84. The summed E-state index contributed by atoms with van der Waals surface area (Å²) in [6.45, 7) is 0.647. The molecule has 6 nitrogen and oxygen atoms in total. The average molecular weight is 294 g/mol. The molecule has 0 aromatic heterocycles. The molecule has 1 aromatic carbocycles. The van der Waals surface area contributed by atoms with Gasteiger partial charge in [-0.2, -0.15) is 0 Å². The molecule has 0 unspecified atom stereocenters. The number of rotatable bonds is 8. The van der Waals surface area contributed by atoms with Crippen molar-refractivity contribution in [3.05, 3.63) is 35.9 Å². The number of hydrogen-bond donors (Lipinski definition) is 4.